The molecule has 6 nitrogen and oxygen atoms in total. The fourth-order valence-electron chi connectivity index (χ4n) is 1.97. The molecule has 0 aromatic heterocycles. The highest BCUT2D eigenvalue weighted by atomic mass is 16.5. The third kappa shape index (κ3) is 2.53. The van der Waals surface area contributed by atoms with E-state index in [2.05, 4.69) is 4.74 Å². The van der Waals surface area contributed by atoms with Crippen molar-refractivity contribution in [1.82, 2.24) is 4.90 Å². The van der Waals surface area contributed by atoms with E-state index in [9.17, 15) is 14.7 Å². The van der Waals surface area contributed by atoms with Crippen molar-refractivity contribution in [3.63, 3.8) is 0 Å². The standard InChI is InChI=1S/C13H16N2O4/c1-14-7-8-15(13(14)18)10-5-3-9(4-6-10)11(16)12(17)19-2/h3-6,11,16H,7-8H2,1-2H3. The highest BCUT2D eigenvalue weighted by Gasteiger charge is 2.26. The number of carbonyl (C=O) groups excluding carboxylic acids is 2. The van der Waals surface area contributed by atoms with E-state index in [1.165, 1.54) is 7.11 Å². The van der Waals surface area contributed by atoms with Crippen molar-refractivity contribution in [2.24, 2.45) is 0 Å². The fraction of sp³-hybridized carbons (Fsp3) is 0.385. The molecule has 1 N–H and O–H groups in total. The Hall–Kier alpha value is -2.08. The summed E-state index contributed by atoms with van der Waals surface area (Å²) >= 11 is 0. The number of aliphatic hydroxyl groups is 1. The molecule has 1 atom stereocenters. The minimum Gasteiger partial charge on any atom is -0.467 e. The second-order valence-corrected chi connectivity index (χ2v) is 4.37. The first-order valence-corrected chi connectivity index (χ1v) is 5.93. The molecule has 1 unspecified atom stereocenters. The molecule has 2 amide bonds. The number of likely N-dealkylation sites (N-methyl/N-ethyl adjacent to an activating group) is 1. The average Bonchev–Trinajstić information content (AvgIpc) is 2.77. The Morgan fingerprint density at radius 1 is 1.32 bits per heavy atom. The van der Waals surface area contributed by atoms with Crippen molar-refractivity contribution in [1.29, 1.82) is 0 Å². The lowest BCUT2D eigenvalue weighted by atomic mass is 10.1. The van der Waals surface area contributed by atoms with Gasteiger partial charge in [0.25, 0.3) is 0 Å². The Balaban J connectivity index is 2.15. The molecule has 102 valence electrons. The predicted molar refractivity (Wildman–Crippen MR) is 68.8 cm³/mol. The van der Waals surface area contributed by atoms with E-state index in [1.54, 1.807) is 41.1 Å². The van der Waals surface area contributed by atoms with Crippen molar-refractivity contribution in [3.05, 3.63) is 29.8 Å². The van der Waals surface area contributed by atoms with E-state index in [0.717, 1.165) is 5.69 Å². The Kier molecular flexibility index (Phi) is 3.71. The summed E-state index contributed by atoms with van der Waals surface area (Å²) in [5.74, 6) is -0.704. The molecule has 0 saturated carbocycles. The van der Waals surface area contributed by atoms with E-state index in [-0.39, 0.29) is 6.03 Å². The molecule has 1 aromatic carbocycles. The molecule has 0 spiro atoms. The summed E-state index contributed by atoms with van der Waals surface area (Å²) in [4.78, 5) is 26.3. The van der Waals surface area contributed by atoms with Gasteiger partial charge in [0, 0.05) is 25.8 Å². The Labute approximate surface area is 111 Å². The molecule has 2 rings (SSSR count). The summed E-state index contributed by atoms with van der Waals surface area (Å²) in [7, 11) is 2.97. The zero-order chi connectivity index (χ0) is 14.0. The number of ether oxygens (including phenoxy) is 1. The van der Waals surface area contributed by atoms with Crippen molar-refractivity contribution in [3.8, 4) is 0 Å². The second-order valence-electron chi connectivity index (χ2n) is 4.37. The van der Waals surface area contributed by atoms with E-state index in [4.69, 9.17) is 0 Å². The molecular weight excluding hydrogens is 248 g/mol. The summed E-state index contributed by atoms with van der Waals surface area (Å²) in [6.45, 7) is 1.32. The van der Waals surface area contributed by atoms with Gasteiger partial charge in [0.1, 0.15) is 0 Å². The molecule has 1 aromatic rings. The lowest BCUT2D eigenvalue weighted by molar-refractivity contribution is -0.150. The molecule has 19 heavy (non-hydrogen) atoms. The van der Waals surface area contributed by atoms with Gasteiger partial charge in [-0.1, -0.05) is 12.1 Å². The number of rotatable bonds is 3. The first-order chi connectivity index (χ1) is 9.04. The zero-order valence-electron chi connectivity index (χ0n) is 10.9. The minimum atomic E-state index is -1.30. The van der Waals surface area contributed by atoms with Gasteiger partial charge in [-0.2, -0.15) is 0 Å². The second kappa shape index (κ2) is 5.27. The Bertz CT molecular complexity index is 486. The maximum Gasteiger partial charge on any atom is 0.339 e. The smallest absolute Gasteiger partial charge is 0.339 e. The summed E-state index contributed by atoms with van der Waals surface area (Å²) in [5, 5.41) is 9.68. The van der Waals surface area contributed by atoms with E-state index in [0.29, 0.717) is 18.7 Å². The largest absolute Gasteiger partial charge is 0.467 e. The molecule has 1 saturated heterocycles. The van der Waals surface area contributed by atoms with Gasteiger partial charge in [0.15, 0.2) is 6.10 Å². The van der Waals surface area contributed by atoms with Crippen LogP contribution in [0.3, 0.4) is 0 Å². The highest BCUT2D eigenvalue weighted by molar-refractivity contribution is 5.94. The van der Waals surface area contributed by atoms with Gasteiger partial charge in [0.05, 0.1) is 7.11 Å². The van der Waals surface area contributed by atoms with Crippen LogP contribution in [0.2, 0.25) is 0 Å². The van der Waals surface area contributed by atoms with Crippen LogP contribution < -0.4 is 4.90 Å². The monoisotopic (exact) mass is 264 g/mol. The maximum atomic E-state index is 11.8. The molecule has 0 radical (unpaired) electrons. The third-order valence-corrected chi connectivity index (χ3v) is 3.16. The molecule has 1 heterocycles. The van der Waals surface area contributed by atoms with Gasteiger partial charge in [0.2, 0.25) is 0 Å². The number of hydrogen-bond donors (Lipinski definition) is 1. The summed E-state index contributed by atoms with van der Waals surface area (Å²) in [5.41, 5.74) is 1.19. The number of methoxy groups -OCH3 is 1. The zero-order valence-corrected chi connectivity index (χ0v) is 10.9. The van der Waals surface area contributed by atoms with Crippen LogP contribution in [0.15, 0.2) is 24.3 Å². The number of aliphatic hydroxyl groups excluding tert-OH is 1. The first-order valence-electron chi connectivity index (χ1n) is 5.93. The SMILES string of the molecule is COC(=O)C(O)c1ccc(N2CCN(C)C2=O)cc1. The Morgan fingerprint density at radius 2 is 1.95 bits per heavy atom. The molecule has 1 fully saturated rings. The molecule has 1 aliphatic heterocycles. The van der Waals surface area contributed by atoms with Crippen molar-refractivity contribution >= 4 is 17.7 Å². The van der Waals surface area contributed by atoms with Crippen molar-refractivity contribution in [2.45, 2.75) is 6.10 Å². The van der Waals surface area contributed by atoms with Crippen molar-refractivity contribution in [2.75, 3.05) is 32.1 Å². The molecule has 0 aliphatic carbocycles. The number of hydrogen-bond acceptors (Lipinski definition) is 4. The summed E-state index contributed by atoms with van der Waals surface area (Å²) < 4.78 is 4.47. The summed E-state index contributed by atoms with van der Waals surface area (Å²) in [6.07, 6.45) is -1.30. The van der Waals surface area contributed by atoms with E-state index < -0.39 is 12.1 Å². The van der Waals surface area contributed by atoms with Gasteiger partial charge in [-0.25, -0.2) is 9.59 Å². The first kappa shape index (κ1) is 13.4. The van der Waals surface area contributed by atoms with Gasteiger partial charge in [-0.3, -0.25) is 4.90 Å². The van der Waals surface area contributed by atoms with Gasteiger partial charge < -0.3 is 14.7 Å². The van der Waals surface area contributed by atoms with Crippen LogP contribution in [-0.4, -0.2) is 49.3 Å². The molecule has 0 bridgehead atoms. The van der Waals surface area contributed by atoms with E-state index in [1.807, 2.05) is 0 Å². The summed E-state index contributed by atoms with van der Waals surface area (Å²) in [6, 6.07) is 6.59. The number of carbonyl (C=O) groups is 2. The van der Waals surface area contributed by atoms with E-state index >= 15 is 0 Å². The van der Waals surface area contributed by atoms with Crippen LogP contribution in [-0.2, 0) is 9.53 Å². The highest BCUT2D eigenvalue weighted by Crippen LogP contribution is 2.22. The number of urea groups is 1. The molecule has 1 aliphatic rings. The number of esters is 1. The third-order valence-electron chi connectivity index (χ3n) is 3.16. The van der Waals surface area contributed by atoms with Crippen LogP contribution >= 0.6 is 0 Å². The number of benzene rings is 1. The maximum absolute atomic E-state index is 11.8. The fourth-order valence-corrected chi connectivity index (χ4v) is 1.97. The average molecular weight is 264 g/mol. The van der Waals surface area contributed by atoms with Crippen LogP contribution in [0.1, 0.15) is 11.7 Å². The predicted octanol–water partition coefficient (Wildman–Crippen LogP) is 0.765. The van der Waals surface area contributed by atoms with Crippen LogP contribution in [0, 0.1) is 0 Å². The normalized spacial score (nSPS) is 16.7. The van der Waals surface area contributed by atoms with Crippen molar-refractivity contribution < 1.29 is 19.4 Å². The molecule has 6 heteroatoms. The Morgan fingerprint density at radius 3 is 2.42 bits per heavy atom. The topological polar surface area (TPSA) is 70.1 Å². The van der Waals surface area contributed by atoms with Gasteiger partial charge >= 0.3 is 12.0 Å². The minimum absolute atomic E-state index is 0.0544. The lowest BCUT2D eigenvalue weighted by Gasteiger charge is -2.17. The number of amides is 2. The van der Waals surface area contributed by atoms with Gasteiger partial charge in [-0.15, -0.1) is 0 Å². The van der Waals surface area contributed by atoms with Crippen LogP contribution in [0.4, 0.5) is 10.5 Å². The lowest BCUT2D eigenvalue weighted by Crippen LogP contribution is -2.29. The van der Waals surface area contributed by atoms with Crippen LogP contribution in [0.5, 0.6) is 0 Å². The molecular formula is C13H16N2O4. The number of nitrogens with zero attached hydrogens (tertiary/aromatic N) is 2. The quantitative estimate of drug-likeness (QED) is 0.818. The van der Waals surface area contributed by atoms with Gasteiger partial charge in [-0.05, 0) is 17.7 Å². The number of anilines is 1. The van der Waals surface area contributed by atoms with Crippen LogP contribution in [0.25, 0.3) is 0 Å².